The first kappa shape index (κ1) is 16.2. The number of benzene rings is 1. The van der Waals surface area contributed by atoms with Crippen molar-refractivity contribution in [3.8, 4) is 5.75 Å². The van der Waals surface area contributed by atoms with Crippen molar-refractivity contribution in [2.75, 3.05) is 33.5 Å². The number of ether oxygens (including phenoxy) is 3. The largest absolute Gasteiger partial charge is 0.490 e. The van der Waals surface area contributed by atoms with Crippen molar-refractivity contribution < 1.29 is 14.2 Å². The van der Waals surface area contributed by atoms with Crippen LogP contribution in [0, 0.1) is 0 Å². The summed E-state index contributed by atoms with van der Waals surface area (Å²) in [5.74, 6) is 0.584. The van der Waals surface area contributed by atoms with E-state index in [0.717, 1.165) is 6.42 Å². The first-order valence-corrected chi connectivity index (χ1v) is 6.72. The van der Waals surface area contributed by atoms with Gasteiger partial charge in [-0.2, -0.15) is 0 Å². The van der Waals surface area contributed by atoms with Crippen molar-refractivity contribution in [3.05, 3.63) is 28.8 Å². The quantitative estimate of drug-likeness (QED) is 0.561. The first-order valence-electron chi connectivity index (χ1n) is 5.94. The molecule has 0 aliphatic carbocycles. The lowest BCUT2D eigenvalue weighted by atomic mass is 10.2. The molecule has 0 amide bonds. The first-order chi connectivity index (χ1) is 9.15. The molecule has 4 nitrogen and oxygen atoms in total. The molecule has 1 rings (SSSR count). The molecule has 0 heterocycles. The van der Waals surface area contributed by atoms with E-state index >= 15 is 0 Å². The SMILES string of the molecule is COCCCOCCOc1cc(Cl)ccc1C(N)=S. The summed E-state index contributed by atoms with van der Waals surface area (Å²) in [4.78, 5) is 0.285. The minimum Gasteiger partial charge on any atom is -0.490 e. The highest BCUT2D eigenvalue weighted by atomic mass is 35.5. The van der Waals surface area contributed by atoms with E-state index in [0.29, 0.717) is 42.8 Å². The third kappa shape index (κ3) is 6.20. The van der Waals surface area contributed by atoms with Gasteiger partial charge in [0.1, 0.15) is 17.3 Å². The fourth-order valence-electron chi connectivity index (χ4n) is 1.44. The number of thiocarbonyl (C=S) groups is 1. The molecule has 1 aromatic carbocycles. The van der Waals surface area contributed by atoms with Crippen LogP contribution in [0.5, 0.6) is 5.75 Å². The maximum Gasteiger partial charge on any atom is 0.131 e. The molecule has 2 N–H and O–H groups in total. The van der Waals surface area contributed by atoms with E-state index in [1.165, 1.54) is 0 Å². The van der Waals surface area contributed by atoms with Crippen molar-refractivity contribution in [1.82, 2.24) is 0 Å². The lowest BCUT2D eigenvalue weighted by Gasteiger charge is -2.11. The molecule has 0 radical (unpaired) electrons. The fraction of sp³-hybridized carbons (Fsp3) is 0.462. The molecule has 106 valence electrons. The summed E-state index contributed by atoms with van der Waals surface area (Å²) in [6.07, 6.45) is 0.867. The van der Waals surface area contributed by atoms with Gasteiger partial charge in [0.05, 0.1) is 12.2 Å². The minimum atomic E-state index is 0.285. The number of methoxy groups -OCH3 is 1. The van der Waals surface area contributed by atoms with Gasteiger partial charge < -0.3 is 19.9 Å². The second-order valence-corrected chi connectivity index (χ2v) is 4.69. The third-order valence-electron chi connectivity index (χ3n) is 2.33. The molecular formula is C13H18ClNO3S. The van der Waals surface area contributed by atoms with Gasteiger partial charge in [-0.05, 0) is 24.6 Å². The standard InChI is InChI=1S/C13H18ClNO3S/c1-16-5-2-6-17-7-8-18-12-9-10(14)3-4-11(12)13(15)19/h3-4,9H,2,5-8H2,1H3,(H2,15,19). The Morgan fingerprint density at radius 1 is 1.26 bits per heavy atom. The van der Waals surface area contributed by atoms with Crippen LogP contribution in [0.25, 0.3) is 0 Å². The Morgan fingerprint density at radius 3 is 2.74 bits per heavy atom. The smallest absolute Gasteiger partial charge is 0.131 e. The Hall–Kier alpha value is -0.880. The van der Waals surface area contributed by atoms with Crippen molar-refractivity contribution in [2.45, 2.75) is 6.42 Å². The molecule has 1 aromatic rings. The maximum absolute atomic E-state index is 5.91. The lowest BCUT2D eigenvalue weighted by molar-refractivity contribution is 0.0806. The van der Waals surface area contributed by atoms with Crippen LogP contribution in [0.2, 0.25) is 5.02 Å². The average Bonchev–Trinajstić information content (AvgIpc) is 2.37. The van der Waals surface area contributed by atoms with E-state index in [-0.39, 0.29) is 4.99 Å². The van der Waals surface area contributed by atoms with Crippen LogP contribution in [0.15, 0.2) is 18.2 Å². The number of rotatable bonds is 9. The summed E-state index contributed by atoms with van der Waals surface area (Å²) in [6.45, 7) is 2.26. The molecule has 0 spiro atoms. The second kappa shape index (κ2) is 9.09. The topological polar surface area (TPSA) is 53.7 Å². The highest BCUT2D eigenvalue weighted by molar-refractivity contribution is 7.80. The van der Waals surface area contributed by atoms with Crippen LogP contribution in [0.3, 0.4) is 0 Å². The Morgan fingerprint density at radius 2 is 2.05 bits per heavy atom. The Labute approximate surface area is 123 Å². The fourth-order valence-corrected chi connectivity index (χ4v) is 1.77. The van der Waals surface area contributed by atoms with Gasteiger partial charge in [-0.3, -0.25) is 0 Å². The average molecular weight is 304 g/mol. The Bertz CT molecular complexity index is 415. The zero-order valence-corrected chi connectivity index (χ0v) is 12.4. The van der Waals surface area contributed by atoms with E-state index in [4.69, 9.17) is 43.8 Å². The van der Waals surface area contributed by atoms with Gasteiger partial charge in [-0.15, -0.1) is 0 Å². The molecule has 19 heavy (non-hydrogen) atoms. The third-order valence-corrected chi connectivity index (χ3v) is 2.79. The summed E-state index contributed by atoms with van der Waals surface area (Å²) in [5, 5.41) is 0.580. The predicted molar refractivity (Wildman–Crippen MR) is 80.1 cm³/mol. The monoisotopic (exact) mass is 303 g/mol. The Balaban J connectivity index is 2.36. The number of nitrogens with two attached hydrogens (primary N) is 1. The maximum atomic E-state index is 5.91. The lowest BCUT2D eigenvalue weighted by Crippen LogP contribution is -2.14. The van der Waals surface area contributed by atoms with Crippen LogP contribution in [-0.2, 0) is 9.47 Å². The normalized spacial score (nSPS) is 10.4. The van der Waals surface area contributed by atoms with Gasteiger partial charge in [0.2, 0.25) is 0 Å². The van der Waals surface area contributed by atoms with Gasteiger partial charge in [0.15, 0.2) is 0 Å². The molecule has 0 saturated heterocycles. The van der Waals surface area contributed by atoms with Gasteiger partial charge in [0, 0.05) is 25.3 Å². The highest BCUT2D eigenvalue weighted by Gasteiger charge is 2.07. The molecule has 0 saturated carbocycles. The Kier molecular flexibility index (Phi) is 7.74. The van der Waals surface area contributed by atoms with Crippen LogP contribution < -0.4 is 10.5 Å². The zero-order chi connectivity index (χ0) is 14.1. The number of hydrogen-bond acceptors (Lipinski definition) is 4. The van der Waals surface area contributed by atoms with Crippen molar-refractivity contribution in [3.63, 3.8) is 0 Å². The predicted octanol–water partition coefficient (Wildman–Crippen LogP) is 2.41. The summed E-state index contributed by atoms with van der Waals surface area (Å²) in [6, 6.07) is 5.17. The minimum absolute atomic E-state index is 0.285. The summed E-state index contributed by atoms with van der Waals surface area (Å²) >= 11 is 10.9. The van der Waals surface area contributed by atoms with E-state index in [1.54, 1.807) is 25.3 Å². The van der Waals surface area contributed by atoms with Crippen molar-refractivity contribution in [1.29, 1.82) is 0 Å². The molecule has 0 bridgehead atoms. The van der Waals surface area contributed by atoms with Crippen molar-refractivity contribution in [2.24, 2.45) is 5.73 Å². The van der Waals surface area contributed by atoms with E-state index < -0.39 is 0 Å². The summed E-state index contributed by atoms with van der Waals surface area (Å²) in [5.41, 5.74) is 6.29. The van der Waals surface area contributed by atoms with Crippen LogP contribution in [0.1, 0.15) is 12.0 Å². The number of hydrogen-bond donors (Lipinski definition) is 1. The van der Waals surface area contributed by atoms with Crippen molar-refractivity contribution >= 4 is 28.8 Å². The van der Waals surface area contributed by atoms with Crippen LogP contribution in [-0.4, -0.2) is 38.5 Å². The van der Waals surface area contributed by atoms with Gasteiger partial charge in [0.25, 0.3) is 0 Å². The molecule has 0 atom stereocenters. The molecule has 0 aliphatic heterocycles. The molecule has 0 aromatic heterocycles. The molecule has 0 fully saturated rings. The molecular weight excluding hydrogens is 286 g/mol. The summed E-state index contributed by atoms with van der Waals surface area (Å²) in [7, 11) is 1.67. The van der Waals surface area contributed by atoms with E-state index in [9.17, 15) is 0 Å². The van der Waals surface area contributed by atoms with E-state index in [1.807, 2.05) is 0 Å². The molecule has 0 unspecified atom stereocenters. The number of halogens is 1. The van der Waals surface area contributed by atoms with Crippen LogP contribution >= 0.6 is 23.8 Å². The molecule has 6 heteroatoms. The molecule has 0 aliphatic rings. The van der Waals surface area contributed by atoms with Gasteiger partial charge in [-0.25, -0.2) is 0 Å². The van der Waals surface area contributed by atoms with E-state index in [2.05, 4.69) is 0 Å². The van der Waals surface area contributed by atoms with Gasteiger partial charge >= 0.3 is 0 Å². The summed E-state index contributed by atoms with van der Waals surface area (Å²) < 4.78 is 15.9. The zero-order valence-electron chi connectivity index (χ0n) is 10.9. The van der Waals surface area contributed by atoms with Gasteiger partial charge in [-0.1, -0.05) is 23.8 Å². The second-order valence-electron chi connectivity index (χ2n) is 3.81. The van der Waals surface area contributed by atoms with Crippen LogP contribution in [0.4, 0.5) is 0 Å². The highest BCUT2D eigenvalue weighted by Crippen LogP contribution is 2.23.